The number of anilines is 1. The van der Waals surface area contributed by atoms with E-state index in [9.17, 15) is 5.26 Å². The quantitative estimate of drug-likeness (QED) is 0.706. The van der Waals surface area contributed by atoms with E-state index in [1.165, 1.54) is 0 Å². The number of aryl methyl sites for hydroxylation is 1. The molecular formula is C15H22N4. The van der Waals surface area contributed by atoms with Gasteiger partial charge in [-0.3, -0.25) is 0 Å². The molecule has 0 atom stereocenters. The van der Waals surface area contributed by atoms with Crippen LogP contribution >= 0.6 is 0 Å². The van der Waals surface area contributed by atoms with Crippen LogP contribution in [0.3, 0.4) is 0 Å². The van der Waals surface area contributed by atoms with Gasteiger partial charge in [0.2, 0.25) is 0 Å². The molecule has 4 heteroatoms. The number of nitrogens with zero attached hydrogens (tertiary/aromatic N) is 4. The Kier molecular flexibility index (Phi) is 6.01. The second-order valence-electron chi connectivity index (χ2n) is 4.38. The first kappa shape index (κ1) is 15.2. The molecule has 0 aliphatic carbocycles. The highest BCUT2D eigenvalue weighted by Crippen LogP contribution is 2.23. The molecule has 1 aromatic rings. The van der Waals surface area contributed by atoms with Crippen molar-refractivity contribution in [3.05, 3.63) is 29.5 Å². The number of hydrogen-bond donors (Lipinski definition) is 0. The lowest BCUT2D eigenvalue weighted by Gasteiger charge is -2.23. The Hall–Kier alpha value is -1.89. The highest BCUT2D eigenvalue weighted by atomic mass is 15.3. The summed E-state index contributed by atoms with van der Waals surface area (Å²) in [6, 6.07) is 2.31. The summed E-state index contributed by atoms with van der Waals surface area (Å²) in [6.07, 6.45) is 4.44. The number of hydrogen-bond acceptors (Lipinski definition) is 4. The lowest BCUT2D eigenvalue weighted by Crippen LogP contribution is -2.27. The second-order valence-corrected chi connectivity index (χ2v) is 4.38. The maximum atomic E-state index is 9.47. The zero-order valence-corrected chi connectivity index (χ0v) is 12.1. The molecule has 0 radical (unpaired) electrons. The van der Waals surface area contributed by atoms with Crippen molar-refractivity contribution < 1.29 is 0 Å². The molecule has 1 heterocycles. The summed E-state index contributed by atoms with van der Waals surface area (Å²) in [7, 11) is 0. The van der Waals surface area contributed by atoms with Crippen molar-refractivity contribution >= 4 is 5.82 Å². The largest absolute Gasteiger partial charge is 0.350 e. The summed E-state index contributed by atoms with van der Waals surface area (Å²) in [5, 5.41) is 18.0. The molecule has 0 bridgehead atoms. The maximum absolute atomic E-state index is 9.47. The van der Waals surface area contributed by atoms with Gasteiger partial charge in [0.25, 0.3) is 0 Å². The van der Waals surface area contributed by atoms with E-state index in [1.807, 2.05) is 13.0 Å². The predicted molar refractivity (Wildman–Crippen MR) is 78.2 cm³/mol. The molecule has 0 unspecified atom stereocenters. The Morgan fingerprint density at radius 1 is 1.26 bits per heavy atom. The van der Waals surface area contributed by atoms with Crippen LogP contribution in [-0.4, -0.2) is 23.3 Å². The molecule has 0 spiro atoms. The van der Waals surface area contributed by atoms with Crippen LogP contribution in [0.2, 0.25) is 0 Å². The molecular weight excluding hydrogens is 236 g/mol. The molecule has 4 nitrogen and oxygen atoms in total. The topological polar surface area (TPSA) is 52.8 Å². The molecule has 0 aromatic carbocycles. The highest BCUT2D eigenvalue weighted by molar-refractivity contribution is 5.58. The van der Waals surface area contributed by atoms with E-state index in [-0.39, 0.29) is 0 Å². The number of aromatic nitrogens is 2. The Labute approximate surface area is 115 Å². The lowest BCUT2D eigenvalue weighted by atomic mass is 10.0. The first-order valence-electron chi connectivity index (χ1n) is 6.87. The van der Waals surface area contributed by atoms with Gasteiger partial charge in [0.05, 0.1) is 5.69 Å². The molecule has 1 aromatic heterocycles. The normalized spacial score (nSPS) is 10.0. The molecule has 0 N–H and O–H groups in total. The average molecular weight is 258 g/mol. The van der Waals surface area contributed by atoms with Crippen molar-refractivity contribution in [2.24, 2.45) is 0 Å². The SMILES string of the molecule is C=CCN(CCC)c1nnc(CC)c(CC)c1C#N. The molecule has 0 saturated carbocycles. The third kappa shape index (κ3) is 3.31. The monoisotopic (exact) mass is 258 g/mol. The van der Waals surface area contributed by atoms with Gasteiger partial charge in [-0.15, -0.1) is 11.7 Å². The summed E-state index contributed by atoms with van der Waals surface area (Å²) in [5.41, 5.74) is 2.63. The first-order chi connectivity index (χ1) is 9.23. The minimum Gasteiger partial charge on any atom is -0.350 e. The van der Waals surface area contributed by atoms with E-state index in [2.05, 4.69) is 41.6 Å². The van der Waals surface area contributed by atoms with E-state index in [1.54, 1.807) is 0 Å². The summed E-state index contributed by atoms with van der Waals surface area (Å²) in [5.74, 6) is 0.693. The predicted octanol–water partition coefficient (Wildman–Crippen LogP) is 2.88. The molecule has 102 valence electrons. The van der Waals surface area contributed by atoms with Crippen molar-refractivity contribution in [1.29, 1.82) is 5.26 Å². The van der Waals surface area contributed by atoms with Crippen LogP contribution in [0.1, 0.15) is 44.0 Å². The van der Waals surface area contributed by atoms with Crippen LogP contribution in [0.5, 0.6) is 0 Å². The smallest absolute Gasteiger partial charge is 0.169 e. The van der Waals surface area contributed by atoms with Crippen molar-refractivity contribution in [2.45, 2.75) is 40.0 Å². The minimum absolute atomic E-state index is 0.671. The van der Waals surface area contributed by atoms with Gasteiger partial charge in [0.1, 0.15) is 11.6 Å². The zero-order valence-electron chi connectivity index (χ0n) is 12.1. The fourth-order valence-electron chi connectivity index (χ4n) is 2.21. The van der Waals surface area contributed by atoms with Crippen molar-refractivity contribution in [2.75, 3.05) is 18.0 Å². The Balaban J connectivity index is 3.34. The highest BCUT2D eigenvalue weighted by Gasteiger charge is 2.18. The number of nitriles is 1. The average Bonchev–Trinajstić information content (AvgIpc) is 2.45. The van der Waals surface area contributed by atoms with Crippen LogP contribution in [0.15, 0.2) is 12.7 Å². The summed E-state index contributed by atoms with van der Waals surface area (Å²) in [6.45, 7) is 11.5. The minimum atomic E-state index is 0.671. The molecule has 0 saturated heterocycles. The molecule has 1 rings (SSSR count). The second kappa shape index (κ2) is 7.52. The van der Waals surface area contributed by atoms with E-state index < -0.39 is 0 Å². The molecule has 0 aliphatic rings. The van der Waals surface area contributed by atoms with Crippen LogP contribution in [0.25, 0.3) is 0 Å². The molecule has 0 amide bonds. The van der Waals surface area contributed by atoms with Crippen LogP contribution in [0.4, 0.5) is 5.82 Å². The van der Waals surface area contributed by atoms with Gasteiger partial charge in [0.15, 0.2) is 5.82 Å². The van der Waals surface area contributed by atoms with Gasteiger partial charge >= 0.3 is 0 Å². The van der Waals surface area contributed by atoms with Gasteiger partial charge in [-0.05, 0) is 24.8 Å². The van der Waals surface area contributed by atoms with Gasteiger partial charge in [-0.25, -0.2) is 0 Å². The van der Waals surface area contributed by atoms with E-state index in [0.29, 0.717) is 17.9 Å². The van der Waals surface area contributed by atoms with Crippen molar-refractivity contribution in [3.8, 4) is 6.07 Å². The fourth-order valence-corrected chi connectivity index (χ4v) is 2.21. The first-order valence-corrected chi connectivity index (χ1v) is 6.87. The van der Waals surface area contributed by atoms with Crippen LogP contribution in [-0.2, 0) is 12.8 Å². The standard InChI is InChI=1S/C15H22N4/c1-5-9-19(10-6-2)15-13(11-16)12(7-3)14(8-4)17-18-15/h5H,1,6-10H2,2-4H3. The van der Waals surface area contributed by atoms with Gasteiger partial charge in [-0.1, -0.05) is 26.8 Å². The fraction of sp³-hybridized carbons (Fsp3) is 0.533. The van der Waals surface area contributed by atoms with E-state index >= 15 is 0 Å². The van der Waals surface area contributed by atoms with Crippen molar-refractivity contribution in [1.82, 2.24) is 10.2 Å². The van der Waals surface area contributed by atoms with Gasteiger partial charge in [-0.2, -0.15) is 10.4 Å². The molecule has 0 aliphatic heterocycles. The van der Waals surface area contributed by atoms with Crippen LogP contribution in [0, 0.1) is 11.3 Å². The van der Waals surface area contributed by atoms with E-state index in [4.69, 9.17) is 0 Å². The third-order valence-corrected chi connectivity index (χ3v) is 3.08. The van der Waals surface area contributed by atoms with E-state index in [0.717, 1.165) is 37.1 Å². The Morgan fingerprint density at radius 2 is 2.00 bits per heavy atom. The zero-order chi connectivity index (χ0) is 14.3. The summed E-state index contributed by atoms with van der Waals surface area (Å²) in [4.78, 5) is 2.07. The third-order valence-electron chi connectivity index (χ3n) is 3.08. The van der Waals surface area contributed by atoms with Crippen LogP contribution < -0.4 is 4.90 Å². The van der Waals surface area contributed by atoms with Crippen molar-refractivity contribution in [3.63, 3.8) is 0 Å². The molecule has 0 fully saturated rings. The lowest BCUT2D eigenvalue weighted by molar-refractivity contribution is 0.771. The molecule has 19 heavy (non-hydrogen) atoms. The summed E-state index contributed by atoms with van der Waals surface area (Å²) < 4.78 is 0. The Morgan fingerprint density at radius 3 is 2.47 bits per heavy atom. The van der Waals surface area contributed by atoms with Gasteiger partial charge < -0.3 is 4.90 Å². The maximum Gasteiger partial charge on any atom is 0.169 e. The summed E-state index contributed by atoms with van der Waals surface area (Å²) >= 11 is 0. The number of rotatable bonds is 7. The Bertz CT molecular complexity index is 474. The van der Waals surface area contributed by atoms with Gasteiger partial charge in [0, 0.05) is 13.1 Å².